The molecule has 0 spiro atoms. The Balaban J connectivity index is 1.12. The molecule has 0 unspecified atom stereocenters. The van der Waals surface area contributed by atoms with Crippen LogP contribution in [-0.4, -0.2) is 19.5 Å². The van der Waals surface area contributed by atoms with E-state index in [0.29, 0.717) is 17.5 Å². The molecule has 4 heteroatoms. The molecule has 0 saturated heterocycles. The number of rotatable bonds is 4. The Bertz CT molecular complexity index is 3260. The maximum atomic E-state index is 5.26. The SMILES string of the molecule is CC1(C)CCC(C)(C)c2cc3c(cc21)c1ccccc1n3-c1cccc(-c2nc(-c3ccc4ccccc4c3)nc(-c3ccc4ccc5ccccc5c4c3)n2)c1. The number of hydrogen-bond acceptors (Lipinski definition) is 3. The largest absolute Gasteiger partial charge is 0.309 e. The normalized spacial score (nSPS) is 14.8. The standard InChI is InChI=1S/C53H42N4/c1-52(2)26-27-53(3,4)46-32-48-44(31-45(46)52)42-18-9-10-19-47(42)57(48)40-16-11-15-37(29-40)49-54-50(38-24-20-33-12-5-6-14-36(33)28-38)56-51(55-49)39-25-23-35-22-21-34-13-7-8-17-41(34)43(35)30-39/h5-25,28-32H,26-27H2,1-4H3. The minimum absolute atomic E-state index is 0.0949. The lowest BCUT2D eigenvalue weighted by molar-refractivity contribution is 0.332. The third kappa shape index (κ3) is 5.46. The van der Waals surface area contributed by atoms with Gasteiger partial charge in [0.25, 0.3) is 0 Å². The van der Waals surface area contributed by atoms with Crippen LogP contribution in [0.15, 0.2) is 158 Å². The average molecular weight is 735 g/mol. The van der Waals surface area contributed by atoms with Gasteiger partial charge < -0.3 is 4.57 Å². The van der Waals surface area contributed by atoms with Crippen LogP contribution in [0.1, 0.15) is 51.7 Å². The molecule has 4 nitrogen and oxygen atoms in total. The molecule has 11 rings (SSSR count). The van der Waals surface area contributed by atoms with Crippen molar-refractivity contribution in [1.82, 2.24) is 19.5 Å². The second kappa shape index (κ2) is 12.4. The van der Waals surface area contributed by atoms with Gasteiger partial charge in [0.15, 0.2) is 17.5 Å². The Morgan fingerprint density at radius 2 is 0.930 bits per heavy atom. The Kier molecular flexibility index (Phi) is 7.34. The summed E-state index contributed by atoms with van der Waals surface area (Å²) < 4.78 is 2.44. The number of para-hydroxylation sites is 1. The van der Waals surface area contributed by atoms with Crippen molar-refractivity contribution in [2.45, 2.75) is 51.4 Å². The summed E-state index contributed by atoms with van der Waals surface area (Å²) in [5, 5.41) is 9.70. The lowest BCUT2D eigenvalue weighted by atomic mass is 9.63. The molecule has 1 aliphatic carbocycles. The second-order valence-corrected chi connectivity index (χ2v) is 17.2. The minimum atomic E-state index is 0.0949. The van der Waals surface area contributed by atoms with E-state index in [1.54, 1.807) is 0 Å². The number of aromatic nitrogens is 4. The first-order valence-corrected chi connectivity index (χ1v) is 20.1. The van der Waals surface area contributed by atoms with Crippen LogP contribution in [0.5, 0.6) is 0 Å². The van der Waals surface area contributed by atoms with Gasteiger partial charge in [0.1, 0.15) is 0 Å². The van der Waals surface area contributed by atoms with Gasteiger partial charge in [-0.25, -0.2) is 15.0 Å². The Labute approximate surface area is 332 Å². The first-order valence-electron chi connectivity index (χ1n) is 20.1. The van der Waals surface area contributed by atoms with Gasteiger partial charge in [0.05, 0.1) is 11.0 Å². The van der Waals surface area contributed by atoms with Crippen LogP contribution in [0, 0.1) is 0 Å². The fourth-order valence-corrected chi connectivity index (χ4v) is 9.32. The van der Waals surface area contributed by atoms with Crippen molar-refractivity contribution in [3.63, 3.8) is 0 Å². The van der Waals surface area contributed by atoms with E-state index < -0.39 is 0 Å². The maximum Gasteiger partial charge on any atom is 0.164 e. The molecule has 0 amide bonds. The zero-order valence-corrected chi connectivity index (χ0v) is 32.7. The van der Waals surface area contributed by atoms with E-state index in [-0.39, 0.29) is 10.8 Å². The predicted molar refractivity (Wildman–Crippen MR) is 238 cm³/mol. The molecule has 1 aliphatic rings. The fourth-order valence-electron chi connectivity index (χ4n) is 9.32. The zero-order chi connectivity index (χ0) is 38.5. The van der Waals surface area contributed by atoms with Gasteiger partial charge in [-0.3, -0.25) is 0 Å². The van der Waals surface area contributed by atoms with Crippen LogP contribution in [0.25, 0.3) is 94.0 Å². The van der Waals surface area contributed by atoms with Gasteiger partial charge in [-0.15, -0.1) is 0 Å². The van der Waals surface area contributed by atoms with Crippen molar-refractivity contribution in [3.05, 3.63) is 169 Å². The van der Waals surface area contributed by atoms with Crippen LogP contribution in [0.4, 0.5) is 0 Å². The van der Waals surface area contributed by atoms with Crippen molar-refractivity contribution in [2.75, 3.05) is 0 Å². The lowest BCUT2D eigenvalue weighted by Crippen LogP contribution is -2.33. The Hall–Kier alpha value is -6.65. The average Bonchev–Trinajstić information content (AvgIpc) is 3.58. The molecule has 0 atom stereocenters. The van der Waals surface area contributed by atoms with E-state index in [1.165, 1.54) is 72.7 Å². The first-order chi connectivity index (χ1) is 27.7. The molecule has 274 valence electrons. The number of fused-ring (bicyclic) bond motifs is 8. The monoisotopic (exact) mass is 734 g/mol. The van der Waals surface area contributed by atoms with Crippen molar-refractivity contribution in [3.8, 4) is 39.9 Å². The Morgan fingerprint density at radius 3 is 1.67 bits per heavy atom. The van der Waals surface area contributed by atoms with Gasteiger partial charge in [0.2, 0.25) is 0 Å². The first kappa shape index (κ1) is 33.7. The summed E-state index contributed by atoms with van der Waals surface area (Å²) in [6.45, 7) is 9.63. The van der Waals surface area contributed by atoms with Crippen LogP contribution in [0.2, 0.25) is 0 Å². The van der Waals surface area contributed by atoms with Crippen molar-refractivity contribution < 1.29 is 0 Å². The van der Waals surface area contributed by atoms with Crippen molar-refractivity contribution >= 4 is 54.1 Å². The molecule has 0 aliphatic heterocycles. The molecule has 0 bridgehead atoms. The summed E-state index contributed by atoms with van der Waals surface area (Å²) in [6.07, 6.45) is 2.35. The van der Waals surface area contributed by atoms with Crippen LogP contribution in [0.3, 0.4) is 0 Å². The zero-order valence-electron chi connectivity index (χ0n) is 32.7. The molecule has 57 heavy (non-hydrogen) atoms. The quantitative estimate of drug-likeness (QED) is 0.169. The second-order valence-electron chi connectivity index (χ2n) is 17.2. The molecular formula is C53H42N4. The number of benzene rings is 8. The molecular weight excluding hydrogens is 693 g/mol. The van der Waals surface area contributed by atoms with E-state index in [2.05, 4.69) is 190 Å². The minimum Gasteiger partial charge on any atom is -0.309 e. The lowest BCUT2D eigenvalue weighted by Gasteiger charge is -2.42. The summed E-state index contributed by atoms with van der Waals surface area (Å²) in [7, 11) is 0. The van der Waals surface area contributed by atoms with E-state index >= 15 is 0 Å². The van der Waals surface area contributed by atoms with Crippen LogP contribution >= 0.6 is 0 Å². The fraction of sp³-hybridized carbons (Fsp3) is 0.151. The van der Waals surface area contributed by atoms with Gasteiger partial charge in [-0.1, -0.05) is 143 Å². The molecule has 2 aromatic heterocycles. The van der Waals surface area contributed by atoms with Gasteiger partial charge >= 0.3 is 0 Å². The molecule has 0 N–H and O–H groups in total. The van der Waals surface area contributed by atoms with Crippen LogP contribution in [-0.2, 0) is 10.8 Å². The van der Waals surface area contributed by atoms with Crippen molar-refractivity contribution in [2.24, 2.45) is 0 Å². The molecule has 0 saturated carbocycles. The van der Waals surface area contributed by atoms with E-state index in [0.717, 1.165) is 27.8 Å². The number of nitrogens with zero attached hydrogens (tertiary/aromatic N) is 4. The summed E-state index contributed by atoms with van der Waals surface area (Å²) in [5.41, 5.74) is 9.51. The topological polar surface area (TPSA) is 43.6 Å². The molecule has 2 heterocycles. The van der Waals surface area contributed by atoms with Gasteiger partial charge in [0, 0.05) is 33.2 Å². The highest BCUT2D eigenvalue weighted by atomic mass is 15.0. The number of hydrogen-bond donors (Lipinski definition) is 0. The van der Waals surface area contributed by atoms with E-state index in [9.17, 15) is 0 Å². The summed E-state index contributed by atoms with van der Waals surface area (Å²) in [6, 6.07) is 56.9. The van der Waals surface area contributed by atoms with Crippen molar-refractivity contribution in [1.29, 1.82) is 0 Å². The third-order valence-corrected chi connectivity index (χ3v) is 12.7. The third-order valence-electron chi connectivity index (χ3n) is 12.7. The van der Waals surface area contributed by atoms with E-state index in [1.807, 2.05) is 0 Å². The summed E-state index contributed by atoms with van der Waals surface area (Å²) in [5.74, 6) is 1.94. The summed E-state index contributed by atoms with van der Waals surface area (Å²) in [4.78, 5) is 15.7. The molecule has 0 fully saturated rings. The van der Waals surface area contributed by atoms with Crippen LogP contribution < -0.4 is 0 Å². The molecule has 10 aromatic rings. The van der Waals surface area contributed by atoms with Gasteiger partial charge in [-0.2, -0.15) is 0 Å². The molecule has 0 radical (unpaired) electrons. The smallest absolute Gasteiger partial charge is 0.164 e. The molecule has 8 aromatic carbocycles. The van der Waals surface area contributed by atoms with Gasteiger partial charge in [-0.05, 0) is 110 Å². The highest BCUT2D eigenvalue weighted by molar-refractivity contribution is 6.10. The maximum absolute atomic E-state index is 5.26. The predicted octanol–water partition coefficient (Wildman–Crippen LogP) is 13.8. The highest BCUT2D eigenvalue weighted by Crippen LogP contribution is 2.48. The van der Waals surface area contributed by atoms with E-state index in [4.69, 9.17) is 15.0 Å². The Morgan fingerprint density at radius 1 is 0.386 bits per heavy atom. The highest BCUT2D eigenvalue weighted by Gasteiger charge is 2.38. The summed E-state index contributed by atoms with van der Waals surface area (Å²) >= 11 is 0.